The second kappa shape index (κ2) is 14.3. The molecule has 3 N–H and O–H groups in total. The molecule has 0 radical (unpaired) electrons. The van der Waals surface area contributed by atoms with Gasteiger partial charge in [-0.25, -0.2) is 0 Å². The van der Waals surface area contributed by atoms with Gasteiger partial charge < -0.3 is 29.5 Å². The Balaban J connectivity index is 2.14. The molecule has 27 heavy (non-hydrogen) atoms. The first-order chi connectivity index (χ1) is 13.0. The average Bonchev–Trinajstić information content (AvgIpc) is 2.66. The Morgan fingerprint density at radius 1 is 0.852 bits per heavy atom. The minimum atomic E-state index is -1.41. The van der Waals surface area contributed by atoms with Crippen molar-refractivity contribution in [1.29, 1.82) is 0 Å². The van der Waals surface area contributed by atoms with Crippen LogP contribution >= 0.6 is 0 Å². The quantitative estimate of drug-likeness (QED) is 0.309. The Hall–Kier alpha value is -0.730. The molecule has 0 aromatic heterocycles. The van der Waals surface area contributed by atoms with E-state index in [0.29, 0.717) is 6.42 Å². The highest BCUT2D eigenvalue weighted by Gasteiger charge is 2.44. The van der Waals surface area contributed by atoms with Crippen molar-refractivity contribution in [2.75, 3.05) is 13.2 Å². The molecular formula is C20H38O7. The maximum Gasteiger partial charge on any atom is 0.305 e. The molecule has 5 atom stereocenters. The second-order valence-corrected chi connectivity index (χ2v) is 7.23. The summed E-state index contributed by atoms with van der Waals surface area (Å²) in [6, 6.07) is 0. The predicted octanol–water partition coefficient (Wildman–Crippen LogP) is 2.29. The van der Waals surface area contributed by atoms with Gasteiger partial charge in [-0.15, -0.1) is 0 Å². The lowest BCUT2D eigenvalue weighted by Gasteiger charge is -2.39. The normalized spacial score (nSPS) is 28.3. The van der Waals surface area contributed by atoms with E-state index < -0.39 is 30.7 Å². The predicted molar refractivity (Wildman–Crippen MR) is 101 cm³/mol. The van der Waals surface area contributed by atoms with Gasteiger partial charge in [0, 0.05) is 13.0 Å². The lowest BCUT2D eigenvalue weighted by molar-refractivity contribution is -0.300. The van der Waals surface area contributed by atoms with Gasteiger partial charge in [0.15, 0.2) is 6.29 Å². The minimum Gasteiger partial charge on any atom is -0.463 e. The number of carbonyl (C=O) groups is 1. The fourth-order valence-electron chi connectivity index (χ4n) is 3.18. The summed E-state index contributed by atoms with van der Waals surface area (Å²) in [7, 11) is 0. The fraction of sp³-hybridized carbons (Fsp3) is 0.950. The van der Waals surface area contributed by atoms with Crippen molar-refractivity contribution in [3.8, 4) is 0 Å². The van der Waals surface area contributed by atoms with Crippen LogP contribution in [0.15, 0.2) is 0 Å². The van der Waals surface area contributed by atoms with Crippen molar-refractivity contribution < 1.29 is 34.3 Å². The monoisotopic (exact) mass is 390 g/mol. The molecule has 0 bridgehead atoms. The smallest absolute Gasteiger partial charge is 0.305 e. The molecule has 1 rings (SSSR count). The third-order valence-corrected chi connectivity index (χ3v) is 4.89. The van der Waals surface area contributed by atoms with Crippen molar-refractivity contribution >= 4 is 5.97 Å². The van der Waals surface area contributed by atoms with Crippen LogP contribution in [0, 0.1) is 0 Å². The van der Waals surface area contributed by atoms with Crippen molar-refractivity contribution in [2.24, 2.45) is 0 Å². The van der Waals surface area contributed by atoms with Gasteiger partial charge in [-0.3, -0.25) is 4.79 Å². The van der Waals surface area contributed by atoms with Crippen molar-refractivity contribution in [2.45, 2.75) is 109 Å². The lowest BCUT2D eigenvalue weighted by atomic mass is 9.99. The molecule has 0 spiro atoms. The molecule has 1 fully saturated rings. The standard InChI is InChI=1S/C20H38O7/c1-3-5-6-7-8-9-10-11-12-13-16(21)26-14-15-17(22)18(23)19(24)20(27-15)25-4-2/h15,17-20,22-24H,3-14H2,1-2H3/t15-,17-,18+,19-,20-/m1/s1. The summed E-state index contributed by atoms with van der Waals surface area (Å²) >= 11 is 0. The van der Waals surface area contributed by atoms with Crippen LogP contribution in [0.1, 0.15) is 78.1 Å². The van der Waals surface area contributed by atoms with E-state index in [0.717, 1.165) is 19.3 Å². The van der Waals surface area contributed by atoms with Crippen molar-refractivity contribution in [3.05, 3.63) is 0 Å². The van der Waals surface area contributed by atoms with Gasteiger partial charge in [0.05, 0.1) is 0 Å². The fourth-order valence-corrected chi connectivity index (χ4v) is 3.18. The molecule has 0 saturated carbocycles. The van der Waals surface area contributed by atoms with Gasteiger partial charge in [0.1, 0.15) is 31.0 Å². The first-order valence-electron chi connectivity index (χ1n) is 10.5. The van der Waals surface area contributed by atoms with Crippen molar-refractivity contribution in [3.63, 3.8) is 0 Å². The van der Waals surface area contributed by atoms with E-state index in [9.17, 15) is 20.1 Å². The Morgan fingerprint density at radius 3 is 2.04 bits per heavy atom. The zero-order valence-corrected chi connectivity index (χ0v) is 16.8. The number of esters is 1. The highest BCUT2D eigenvalue weighted by Crippen LogP contribution is 2.22. The third kappa shape index (κ3) is 9.34. The molecule has 7 heteroatoms. The maximum atomic E-state index is 11.9. The first kappa shape index (κ1) is 24.3. The Bertz CT molecular complexity index is 391. The van der Waals surface area contributed by atoms with Crippen molar-refractivity contribution in [1.82, 2.24) is 0 Å². The van der Waals surface area contributed by atoms with E-state index in [-0.39, 0.29) is 19.2 Å². The minimum absolute atomic E-state index is 0.176. The molecule has 160 valence electrons. The first-order valence-corrected chi connectivity index (χ1v) is 10.5. The molecular weight excluding hydrogens is 352 g/mol. The van der Waals surface area contributed by atoms with Crippen LogP contribution in [-0.4, -0.2) is 65.2 Å². The lowest BCUT2D eigenvalue weighted by Crippen LogP contribution is -2.59. The van der Waals surface area contributed by atoms with E-state index in [1.54, 1.807) is 6.92 Å². The zero-order valence-electron chi connectivity index (χ0n) is 16.8. The molecule has 0 aromatic rings. The van der Waals surface area contributed by atoms with Gasteiger partial charge >= 0.3 is 5.97 Å². The SMILES string of the molecule is CCCCCCCCCCCC(=O)OC[C@H]1O[C@@H](OCC)[C@H](O)[C@@H](O)[C@@H]1O. The number of unbranched alkanes of at least 4 members (excludes halogenated alkanes) is 8. The summed E-state index contributed by atoms with van der Waals surface area (Å²) in [4.78, 5) is 11.9. The van der Waals surface area contributed by atoms with Crippen LogP contribution in [0.4, 0.5) is 0 Å². The van der Waals surface area contributed by atoms with Crippen LogP contribution in [0.2, 0.25) is 0 Å². The van der Waals surface area contributed by atoms with E-state index >= 15 is 0 Å². The van der Waals surface area contributed by atoms with Gasteiger partial charge in [-0.2, -0.15) is 0 Å². The largest absolute Gasteiger partial charge is 0.463 e. The summed E-state index contributed by atoms with van der Waals surface area (Å²) in [5.41, 5.74) is 0. The average molecular weight is 391 g/mol. The Morgan fingerprint density at radius 2 is 1.44 bits per heavy atom. The second-order valence-electron chi connectivity index (χ2n) is 7.23. The molecule has 1 aliphatic heterocycles. The molecule has 0 unspecified atom stereocenters. The van der Waals surface area contributed by atoms with Crippen LogP contribution in [0.5, 0.6) is 0 Å². The highest BCUT2D eigenvalue weighted by atomic mass is 16.7. The van der Waals surface area contributed by atoms with Crippen LogP contribution in [0.3, 0.4) is 0 Å². The highest BCUT2D eigenvalue weighted by molar-refractivity contribution is 5.69. The summed E-state index contributed by atoms with van der Waals surface area (Å²) < 4.78 is 15.8. The molecule has 0 aromatic carbocycles. The molecule has 1 aliphatic rings. The molecule has 1 heterocycles. The molecule has 7 nitrogen and oxygen atoms in total. The Kier molecular flexibility index (Phi) is 12.9. The van der Waals surface area contributed by atoms with Gasteiger partial charge in [-0.1, -0.05) is 58.3 Å². The summed E-state index contributed by atoms with van der Waals surface area (Å²) in [6.45, 7) is 4.05. The number of carbonyl (C=O) groups excluding carboxylic acids is 1. The van der Waals surface area contributed by atoms with E-state index in [1.807, 2.05) is 0 Å². The Labute approximate surface area is 163 Å². The topological polar surface area (TPSA) is 105 Å². The number of aliphatic hydroxyl groups excluding tert-OH is 3. The molecule has 0 amide bonds. The van der Waals surface area contributed by atoms with Gasteiger partial charge in [0.2, 0.25) is 0 Å². The van der Waals surface area contributed by atoms with Gasteiger partial charge in [-0.05, 0) is 13.3 Å². The summed E-state index contributed by atoms with van der Waals surface area (Å²) in [5.74, 6) is -0.345. The number of ether oxygens (including phenoxy) is 3. The number of rotatable bonds is 14. The van der Waals surface area contributed by atoms with Gasteiger partial charge in [0.25, 0.3) is 0 Å². The number of hydrogen-bond donors (Lipinski definition) is 3. The summed E-state index contributed by atoms with van der Waals surface area (Å²) in [6.07, 6.45) is 4.84. The number of aliphatic hydroxyl groups is 3. The van der Waals surface area contributed by atoms with E-state index in [4.69, 9.17) is 14.2 Å². The van der Waals surface area contributed by atoms with Crippen LogP contribution in [-0.2, 0) is 19.0 Å². The van der Waals surface area contributed by atoms with Crippen LogP contribution in [0.25, 0.3) is 0 Å². The molecule has 1 saturated heterocycles. The van der Waals surface area contributed by atoms with E-state index in [2.05, 4.69) is 6.92 Å². The zero-order chi connectivity index (χ0) is 20.1. The third-order valence-electron chi connectivity index (χ3n) is 4.89. The van der Waals surface area contributed by atoms with E-state index in [1.165, 1.54) is 38.5 Å². The summed E-state index contributed by atoms with van der Waals surface area (Å²) in [5, 5.41) is 29.7. The van der Waals surface area contributed by atoms with Crippen LogP contribution < -0.4 is 0 Å². The molecule has 0 aliphatic carbocycles. The maximum absolute atomic E-state index is 11.9. The number of hydrogen-bond acceptors (Lipinski definition) is 7.